The minimum Gasteiger partial charge on any atom is -0.469 e. The molecule has 0 saturated heterocycles. The van der Waals surface area contributed by atoms with Crippen LogP contribution in [0.15, 0.2) is 70.2 Å². The van der Waals surface area contributed by atoms with E-state index in [1.54, 1.807) is 24.0 Å². The topological polar surface area (TPSA) is 64.2 Å². The van der Waals surface area contributed by atoms with Crippen molar-refractivity contribution in [2.75, 3.05) is 6.54 Å². The average Bonchev–Trinajstić information content (AvgIpc) is 3.15. The van der Waals surface area contributed by atoms with Crippen molar-refractivity contribution >= 4 is 5.91 Å². The zero-order valence-corrected chi connectivity index (χ0v) is 14.9. The van der Waals surface area contributed by atoms with Crippen LogP contribution in [0.5, 0.6) is 0 Å². The quantitative estimate of drug-likeness (QED) is 0.742. The number of aromatic nitrogens is 1. The second-order valence-electron chi connectivity index (χ2n) is 6.26. The number of carbonyl (C=O) groups is 1. The van der Waals surface area contributed by atoms with Gasteiger partial charge in [-0.25, -0.2) is 0 Å². The molecule has 0 bridgehead atoms. The first-order valence-corrected chi connectivity index (χ1v) is 8.65. The van der Waals surface area contributed by atoms with Crippen LogP contribution in [0.3, 0.4) is 0 Å². The molecular weight excluding hydrogens is 328 g/mol. The molecule has 0 spiro atoms. The van der Waals surface area contributed by atoms with Crippen molar-refractivity contribution in [3.05, 3.63) is 93.8 Å². The Hall–Kier alpha value is -3.08. The maximum atomic E-state index is 12.9. The molecule has 0 aliphatic carbocycles. The zero-order valence-electron chi connectivity index (χ0n) is 14.9. The minimum absolute atomic E-state index is 0.154. The number of amides is 1. The van der Waals surface area contributed by atoms with Gasteiger partial charge in [-0.2, -0.15) is 0 Å². The number of nitrogens with zero attached hydrogens (tertiary/aromatic N) is 1. The zero-order chi connectivity index (χ0) is 18.5. The third kappa shape index (κ3) is 3.77. The Morgan fingerprint density at radius 1 is 1.15 bits per heavy atom. The minimum atomic E-state index is -0.353. The Kier molecular flexibility index (Phi) is 5.37. The van der Waals surface area contributed by atoms with Crippen molar-refractivity contribution in [1.29, 1.82) is 0 Å². The number of furan rings is 1. The number of nitrogens with one attached hydrogen (secondary N) is 1. The molecule has 0 saturated carbocycles. The second-order valence-corrected chi connectivity index (χ2v) is 6.26. The van der Waals surface area contributed by atoms with Gasteiger partial charge >= 0.3 is 0 Å². The van der Waals surface area contributed by atoms with Gasteiger partial charge in [-0.05, 0) is 43.2 Å². The predicted molar refractivity (Wildman–Crippen MR) is 100 cm³/mol. The highest BCUT2D eigenvalue weighted by molar-refractivity contribution is 5.95. The van der Waals surface area contributed by atoms with Gasteiger partial charge in [0.1, 0.15) is 11.3 Å². The predicted octanol–water partition coefficient (Wildman–Crippen LogP) is 3.33. The van der Waals surface area contributed by atoms with Gasteiger partial charge in [0.2, 0.25) is 0 Å². The highest BCUT2D eigenvalue weighted by atomic mass is 16.3. The van der Waals surface area contributed by atoms with Crippen LogP contribution in [0.25, 0.3) is 0 Å². The summed E-state index contributed by atoms with van der Waals surface area (Å²) in [5, 5.41) is 2.81. The van der Waals surface area contributed by atoms with Gasteiger partial charge in [0, 0.05) is 19.2 Å². The fraction of sp³-hybridized carbons (Fsp3) is 0.238. The third-order valence-electron chi connectivity index (χ3n) is 4.49. The summed E-state index contributed by atoms with van der Waals surface area (Å²) in [4.78, 5) is 25.5. The molecule has 0 fully saturated rings. The molecule has 2 aromatic heterocycles. The summed E-state index contributed by atoms with van der Waals surface area (Å²) in [7, 11) is 0. The molecule has 1 atom stereocenters. The molecule has 5 heteroatoms. The summed E-state index contributed by atoms with van der Waals surface area (Å²) in [5.41, 5.74) is 1.59. The van der Waals surface area contributed by atoms with Crippen molar-refractivity contribution < 1.29 is 9.21 Å². The molecule has 1 amide bonds. The molecule has 1 N–H and O–H groups in total. The van der Waals surface area contributed by atoms with Gasteiger partial charge in [-0.1, -0.05) is 30.3 Å². The van der Waals surface area contributed by atoms with E-state index in [2.05, 4.69) is 5.32 Å². The fourth-order valence-electron chi connectivity index (χ4n) is 2.96. The smallest absolute Gasteiger partial charge is 0.264 e. The van der Waals surface area contributed by atoms with E-state index in [1.807, 2.05) is 55.5 Å². The molecule has 3 rings (SSSR count). The monoisotopic (exact) mass is 350 g/mol. The molecule has 26 heavy (non-hydrogen) atoms. The molecular formula is C21H22N2O3. The first-order valence-electron chi connectivity index (χ1n) is 8.65. The van der Waals surface area contributed by atoms with Crippen LogP contribution in [-0.4, -0.2) is 17.0 Å². The number of carbonyl (C=O) groups excluding carboxylic acids is 1. The van der Waals surface area contributed by atoms with Gasteiger partial charge in [0.15, 0.2) is 0 Å². The number of aryl methyl sites for hydroxylation is 1. The first-order chi connectivity index (χ1) is 12.6. The van der Waals surface area contributed by atoms with E-state index >= 15 is 0 Å². The summed E-state index contributed by atoms with van der Waals surface area (Å²) >= 11 is 0. The second kappa shape index (κ2) is 7.87. The highest BCUT2D eigenvalue weighted by Crippen LogP contribution is 2.16. The Morgan fingerprint density at radius 3 is 2.62 bits per heavy atom. The summed E-state index contributed by atoms with van der Waals surface area (Å²) in [6, 6.07) is 15.1. The lowest BCUT2D eigenvalue weighted by Crippen LogP contribution is -2.35. The van der Waals surface area contributed by atoms with Crippen molar-refractivity contribution in [2.24, 2.45) is 0 Å². The first kappa shape index (κ1) is 17.7. The van der Waals surface area contributed by atoms with Gasteiger partial charge in [-0.3, -0.25) is 9.59 Å². The van der Waals surface area contributed by atoms with Crippen molar-refractivity contribution in [1.82, 2.24) is 9.88 Å². The maximum Gasteiger partial charge on any atom is 0.264 e. The van der Waals surface area contributed by atoms with Crippen LogP contribution in [0.1, 0.15) is 40.2 Å². The van der Waals surface area contributed by atoms with E-state index in [-0.39, 0.29) is 23.1 Å². The third-order valence-corrected chi connectivity index (χ3v) is 4.49. The molecule has 0 aliphatic heterocycles. The Bertz CT molecular complexity index is 928. The van der Waals surface area contributed by atoms with E-state index in [0.717, 1.165) is 11.3 Å². The summed E-state index contributed by atoms with van der Waals surface area (Å²) < 4.78 is 6.85. The molecule has 0 aliphatic rings. The number of rotatable bonds is 6. The van der Waals surface area contributed by atoms with Gasteiger partial charge < -0.3 is 14.3 Å². The number of benzene rings is 1. The summed E-state index contributed by atoms with van der Waals surface area (Å²) in [6.45, 7) is 4.14. The summed E-state index contributed by atoms with van der Waals surface area (Å²) in [5.74, 6) is 0.443. The van der Waals surface area contributed by atoms with Gasteiger partial charge in [0.25, 0.3) is 11.5 Å². The lowest BCUT2D eigenvalue weighted by atomic mass is 10.1. The lowest BCUT2D eigenvalue weighted by molar-refractivity contribution is 0.0951. The Balaban J connectivity index is 1.80. The Morgan fingerprint density at radius 2 is 1.92 bits per heavy atom. The average molecular weight is 350 g/mol. The van der Waals surface area contributed by atoms with E-state index < -0.39 is 0 Å². The van der Waals surface area contributed by atoms with E-state index in [0.29, 0.717) is 18.5 Å². The lowest BCUT2D eigenvalue weighted by Gasteiger charge is -2.17. The van der Waals surface area contributed by atoms with E-state index in [1.165, 1.54) is 0 Å². The Labute approximate surface area is 152 Å². The van der Waals surface area contributed by atoms with Crippen LogP contribution >= 0.6 is 0 Å². The highest BCUT2D eigenvalue weighted by Gasteiger charge is 2.18. The number of hydrogen-bond acceptors (Lipinski definition) is 3. The fourth-order valence-corrected chi connectivity index (χ4v) is 2.96. The largest absolute Gasteiger partial charge is 0.469 e. The van der Waals surface area contributed by atoms with Crippen molar-refractivity contribution in [2.45, 2.75) is 26.3 Å². The van der Waals surface area contributed by atoms with E-state index in [4.69, 9.17) is 4.42 Å². The summed E-state index contributed by atoms with van der Waals surface area (Å²) in [6.07, 6.45) is 3.93. The number of pyridine rings is 1. The standard InChI is InChI=1S/C21H22N2O3/c1-15-11-13-23(16(2)17-7-4-3-5-8-17)21(25)19(15)20(24)22-12-10-18-9-6-14-26-18/h3-9,11,13-14,16H,10,12H2,1-2H3,(H,22,24). The van der Waals surface area contributed by atoms with Crippen LogP contribution in [0.4, 0.5) is 0 Å². The van der Waals surface area contributed by atoms with Crippen LogP contribution in [0.2, 0.25) is 0 Å². The molecule has 3 aromatic rings. The van der Waals surface area contributed by atoms with Crippen LogP contribution in [0, 0.1) is 6.92 Å². The molecule has 0 radical (unpaired) electrons. The van der Waals surface area contributed by atoms with Crippen molar-refractivity contribution in [3.8, 4) is 0 Å². The SMILES string of the molecule is Cc1ccn(C(C)c2ccccc2)c(=O)c1C(=O)NCCc1ccco1. The molecule has 1 aromatic carbocycles. The van der Waals surface area contributed by atoms with Crippen molar-refractivity contribution in [3.63, 3.8) is 0 Å². The van der Waals surface area contributed by atoms with Crippen LogP contribution in [-0.2, 0) is 6.42 Å². The van der Waals surface area contributed by atoms with Gasteiger partial charge in [0.05, 0.1) is 12.3 Å². The molecule has 1 unspecified atom stereocenters. The van der Waals surface area contributed by atoms with Crippen LogP contribution < -0.4 is 10.9 Å². The van der Waals surface area contributed by atoms with Gasteiger partial charge in [-0.15, -0.1) is 0 Å². The molecule has 5 nitrogen and oxygen atoms in total. The molecule has 2 heterocycles. The normalized spacial score (nSPS) is 11.9. The van der Waals surface area contributed by atoms with E-state index in [9.17, 15) is 9.59 Å². The number of hydrogen-bond donors (Lipinski definition) is 1. The molecule has 134 valence electrons. The maximum absolute atomic E-state index is 12.9.